The zero-order valence-corrected chi connectivity index (χ0v) is 25.0. The van der Waals surface area contributed by atoms with E-state index in [9.17, 15) is 39.9 Å². The van der Waals surface area contributed by atoms with E-state index in [1.807, 2.05) is 0 Å². The molecule has 2 aliphatic carbocycles. The van der Waals surface area contributed by atoms with Crippen LogP contribution in [0.3, 0.4) is 0 Å². The van der Waals surface area contributed by atoms with Gasteiger partial charge in [0.1, 0.15) is 11.6 Å². The molecule has 0 radical (unpaired) electrons. The molecule has 0 aliphatic heterocycles. The summed E-state index contributed by atoms with van der Waals surface area (Å²) in [5, 5.41) is 5.39. The lowest BCUT2D eigenvalue weighted by Crippen LogP contribution is -2.48. The first-order valence-corrected chi connectivity index (χ1v) is 16.1. The molecule has 3 aromatic rings. The lowest BCUT2D eigenvalue weighted by atomic mass is 9.83. The van der Waals surface area contributed by atoms with E-state index in [0.717, 1.165) is 30.7 Å². The average molecular weight is 669 g/mol. The Hall–Kier alpha value is -4.02. The molecule has 240 valence electrons. The van der Waals surface area contributed by atoms with Gasteiger partial charge < -0.3 is 24.6 Å². The molecular weight excluding hydrogens is 642 g/mol. The van der Waals surface area contributed by atoms with E-state index >= 15 is 4.39 Å². The summed E-state index contributed by atoms with van der Waals surface area (Å²) in [6.07, 6.45) is 2.03. The molecule has 5 rings (SSSR count). The summed E-state index contributed by atoms with van der Waals surface area (Å²) < 4.78 is 107. The van der Waals surface area contributed by atoms with Crippen LogP contribution < -0.4 is 20.1 Å². The normalized spacial score (nSPS) is 21.6. The summed E-state index contributed by atoms with van der Waals surface area (Å²) in [5.74, 6) is -3.00. The number of hydrogen-bond donors (Lipinski definition) is 3. The number of rotatable bonds is 9. The third-order valence-electron chi connectivity index (χ3n) is 8.16. The van der Waals surface area contributed by atoms with Crippen molar-refractivity contribution in [2.75, 3.05) is 17.1 Å². The van der Waals surface area contributed by atoms with E-state index in [1.165, 1.54) is 43.5 Å². The molecule has 0 aromatic heterocycles. The van der Waals surface area contributed by atoms with Crippen molar-refractivity contribution in [3.63, 3.8) is 0 Å². The van der Waals surface area contributed by atoms with Gasteiger partial charge >= 0.3 is 5.51 Å². The molecule has 45 heavy (non-hydrogen) atoms. The highest BCUT2D eigenvalue weighted by Crippen LogP contribution is 2.49. The van der Waals surface area contributed by atoms with Crippen molar-refractivity contribution in [1.29, 1.82) is 0 Å². The Balaban J connectivity index is 1.38. The van der Waals surface area contributed by atoms with Crippen LogP contribution >= 0.6 is 0 Å². The van der Waals surface area contributed by atoms with Gasteiger partial charge in [-0.2, -0.15) is 13.2 Å². The van der Waals surface area contributed by atoms with Gasteiger partial charge in [-0.05, 0) is 73.1 Å². The van der Waals surface area contributed by atoms with E-state index in [0.29, 0.717) is 18.4 Å². The molecule has 2 saturated carbocycles. The average Bonchev–Trinajstić information content (AvgIpc) is 3.59. The second-order valence-electron chi connectivity index (χ2n) is 10.8. The molecule has 10 nitrogen and oxygen atoms in total. The maximum absolute atomic E-state index is 15.1. The van der Waals surface area contributed by atoms with E-state index in [2.05, 4.69) is 15.4 Å². The van der Waals surface area contributed by atoms with Gasteiger partial charge in [-0.25, -0.2) is 12.8 Å². The fraction of sp³-hybridized carbons (Fsp3) is 0.310. The number of hydrogen-bond acceptors (Lipinski definition) is 7. The summed E-state index contributed by atoms with van der Waals surface area (Å²) >= 11 is -2.55. The maximum atomic E-state index is 15.1. The predicted octanol–water partition coefficient (Wildman–Crippen LogP) is 4.78. The molecule has 2 aliphatic rings. The highest BCUT2D eigenvalue weighted by atomic mass is 32.2. The highest BCUT2D eigenvalue weighted by molar-refractivity contribution is 7.92. The lowest BCUT2D eigenvalue weighted by molar-refractivity contribution is -0.122. The van der Waals surface area contributed by atoms with Gasteiger partial charge in [0.15, 0.2) is 0 Å². The van der Waals surface area contributed by atoms with E-state index < -0.39 is 61.1 Å². The molecular formula is C29H26F4N3O7S2-. The van der Waals surface area contributed by atoms with Crippen molar-refractivity contribution < 1.29 is 49.1 Å². The standard InChI is InChI=1S/C29H27F4N3O7S2/c1-43-24-14-23(30)21(15-7-9-18(10-8-15)36-44(39)40)13-22(24)27(37)35-26-17-6-5-16(11-17)25(26)28(38)34-19-3-2-4-20(12-19)45(41,42)29(31,32)33/h2-4,7-10,12-14,16-17,25-26,36H,5-6,11H2,1H3,(H,34,38)(H,35,37)(H,39,40)/p-1/t16-,17+,25+,26-/m1/s1. The predicted molar refractivity (Wildman–Crippen MR) is 155 cm³/mol. The van der Waals surface area contributed by atoms with Gasteiger partial charge in [-0.1, -0.05) is 18.2 Å². The quantitative estimate of drug-likeness (QED) is 0.219. The molecule has 2 bridgehead atoms. The number of ether oxygens (including phenoxy) is 1. The Labute approximate surface area is 257 Å². The first kappa shape index (κ1) is 32.4. The number of amides is 2. The van der Waals surface area contributed by atoms with Crippen LogP contribution in [0.25, 0.3) is 11.1 Å². The molecule has 3 aromatic carbocycles. The minimum atomic E-state index is -5.63. The minimum absolute atomic E-state index is 0.0243. The van der Waals surface area contributed by atoms with Crippen LogP contribution in [-0.4, -0.2) is 47.7 Å². The number of carbonyl (C=O) groups is 2. The van der Waals surface area contributed by atoms with Crippen molar-refractivity contribution in [2.45, 2.75) is 35.7 Å². The van der Waals surface area contributed by atoms with Gasteiger partial charge in [0.05, 0.1) is 23.5 Å². The number of fused-ring (bicyclic) bond motifs is 2. The van der Waals surface area contributed by atoms with Crippen molar-refractivity contribution in [1.82, 2.24) is 5.32 Å². The summed E-state index contributed by atoms with van der Waals surface area (Å²) in [5.41, 5.74) is -5.07. The van der Waals surface area contributed by atoms with Gasteiger partial charge in [0.2, 0.25) is 5.91 Å². The highest BCUT2D eigenvalue weighted by Gasteiger charge is 2.52. The van der Waals surface area contributed by atoms with Gasteiger partial charge in [-0.3, -0.25) is 13.8 Å². The SMILES string of the molecule is COc1cc(F)c(-c2ccc(NS(=O)[O-])cc2)cc1C(=O)N[C@@H]1[C@H]2CC[C@H](C2)[C@@H]1C(=O)Nc1cccc(S(=O)(=O)C(F)(F)F)c1. The Morgan fingerprint density at radius 3 is 2.33 bits per heavy atom. The summed E-state index contributed by atoms with van der Waals surface area (Å²) in [6.45, 7) is 0. The molecule has 5 atom stereocenters. The number of methoxy groups -OCH3 is 1. The molecule has 0 saturated heterocycles. The number of halogens is 4. The van der Waals surface area contributed by atoms with Gasteiger partial charge in [0, 0.05) is 40.3 Å². The molecule has 0 heterocycles. The number of benzene rings is 3. The van der Waals surface area contributed by atoms with Gasteiger partial charge in [-0.15, -0.1) is 0 Å². The van der Waals surface area contributed by atoms with Crippen LogP contribution in [0.1, 0.15) is 29.6 Å². The number of anilines is 2. The smallest absolute Gasteiger partial charge is 0.501 e. The summed E-state index contributed by atoms with van der Waals surface area (Å²) in [4.78, 5) is 26.0. The molecule has 3 N–H and O–H groups in total. The zero-order chi connectivity index (χ0) is 32.7. The third kappa shape index (κ3) is 6.53. The Kier molecular flexibility index (Phi) is 8.92. The van der Waals surface area contributed by atoms with Crippen molar-refractivity contribution in [3.05, 3.63) is 72.0 Å². The monoisotopic (exact) mass is 668 g/mol. The first-order chi connectivity index (χ1) is 21.2. The second-order valence-corrected chi connectivity index (χ2v) is 13.4. The molecule has 1 unspecified atom stereocenters. The largest absolute Gasteiger partial charge is 0.755 e. The number of alkyl halides is 3. The number of carbonyl (C=O) groups excluding carboxylic acids is 2. The Morgan fingerprint density at radius 2 is 1.69 bits per heavy atom. The van der Waals surface area contributed by atoms with Crippen LogP contribution in [0.15, 0.2) is 65.6 Å². The maximum Gasteiger partial charge on any atom is 0.501 e. The number of sulfone groups is 1. The van der Waals surface area contributed by atoms with Crippen LogP contribution in [0.4, 0.5) is 28.9 Å². The van der Waals surface area contributed by atoms with Crippen molar-refractivity contribution in [3.8, 4) is 16.9 Å². The minimum Gasteiger partial charge on any atom is -0.755 e. The summed E-state index contributed by atoms with van der Waals surface area (Å²) in [6, 6.07) is 11.3. The van der Waals surface area contributed by atoms with Crippen LogP contribution in [0, 0.1) is 23.6 Å². The fourth-order valence-corrected chi connectivity index (χ4v) is 7.28. The Bertz CT molecular complexity index is 1770. The molecule has 2 fully saturated rings. The Morgan fingerprint density at radius 1 is 1.00 bits per heavy atom. The van der Waals surface area contributed by atoms with E-state index in [1.54, 1.807) is 0 Å². The molecule has 2 amide bonds. The fourth-order valence-electron chi connectivity index (χ4n) is 6.14. The van der Waals surface area contributed by atoms with Crippen LogP contribution in [0.5, 0.6) is 5.75 Å². The first-order valence-electron chi connectivity index (χ1n) is 13.6. The topological polar surface area (TPSA) is 154 Å². The van der Waals surface area contributed by atoms with E-state index in [-0.39, 0.29) is 40.1 Å². The summed E-state index contributed by atoms with van der Waals surface area (Å²) in [7, 11) is -4.38. The van der Waals surface area contributed by atoms with Crippen molar-refractivity contribution in [2.24, 2.45) is 17.8 Å². The third-order valence-corrected chi connectivity index (χ3v) is 10.1. The van der Waals surface area contributed by atoms with Crippen LogP contribution in [-0.2, 0) is 25.9 Å². The van der Waals surface area contributed by atoms with Crippen LogP contribution in [0.2, 0.25) is 0 Å². The molecule has 0 spiro atoms. The second kappa shape index (κ2) is 12.4. The lowest BCUT2D eigenvalue weighted by Gasteiger charge is -2.31. The van der Waals surface area contributed by atoms with E-state index in [4.69, 9.17) is 4.74 Å². The van der Waals surface area contributed by atoms with Gasteiger partial charge in [0.25, 0.3) is 15.7 Å². The number of nitrogens with one attached hydrogen (secondary N) is 3. The zero-order valence-electron chi connectivity index (χ0n) is 23.4. The van der Waals surface area contributed by atoms with Crippen molar-refractivity contribution >= 4 is 44.3 Å². The molecule has 16 heteroatoms.